The molecule has 1 unspecified atom stereocenters. The summed E-state index contributed by atoms with van der Waals surface area (Å²) < 4.78 is 37.3. The molecule has 1 aromatic rings. The molecule has 3 nitrogen and oxygen atoms in total. The van der Waals surface area contributed by atoms with Crippen LogP contribution in [0.2, 0.25) is 0 Å². The maximum absolute atomic E-state index is 13.5. The Labute approximate surface area is 112 Å². The van der Waals surface area contributed by atoms with Gasteiger partial charge in [-0.3, -0.25) is 0 Å². The van der Waals surface area contributed by atoms with Crippen LogP contribution in [0.25, 0.3) is 0 Å². The SMILES string of the molecule is CCCNC(C)(c1cc(OC)ccc1OC)C(F)F. The van der Waals surface area contributed by atoms with Crippen LogP contribution in [0.3, 0.4) is 0 Å². The van der Waals surface area contributed by atoms with Crippen molar-refractivity contribution in [3.63, 3.8) is 0 Å². The molecule has 1 rings (SSSR count). The molecule has 0 aliphatic carbocycles. The zero-order chi connectivity index (χ0) is 14.5. The minimum Gasteiger partial charge on any atom is -0.497 e. The summed E-state index contributed by atoms with van der Waals surface area (Å²) in [5, 5.41) is 2.90. The van der Waals surface area contributed by atoms with Crippen molar-refractivity contribution < 1.29 is 18.3 Å². The van der Waals surface area contributed by atoms with E-state index in [-0.39, 0.29) is 0 Å². The van der Waals surface area contributed by atoms with Gasteiger partial charge in [0, 0.05) is 5.56 Å². The van der Waals surface area contributed by atoms with E-state index in [1.54, 1.807) is 18.2 Å². The molecule has 0 aromatic heterocycles. The van der Waals surface area contributed by atoms with Crippen LogP contribution in [0.1, 0.15) is 25.8 Å². The van der Waals surface area contributed by atoms with Crippen LogP contribution in [0, 0.1) is 0 Å². The van der Waals surface area contributed by atoms with Gasteiger partial charge in [0.15, 0.2) is 0 Å². The van der Waals surface area contributed by atoms with Crippen molar-refractivity contribution in [1.82, 2.24) is 5.32 Å². The fourth-order valence-electron chi connectivity index (χ4n) is 1.89. The maximum Gasteiger partial charge on any atom is 0.260 e. The average Bonchev–Trinajstić information content (AvgIpc) is 2.43. The summed E-state index contributed by atoms with van der Waals surface area (Å²) in [5.41, 5.74) is -1.06. The Morgan fingerprint density at radius 3 is 2.42 bits per heavy atom. The van der Waals surface area contributed by atoms with E-state index in [1.807, 2.05) is 6.92 Å². The van der Waals surface area contributed by atoms with Gasteiger partial charge in [0.1, 0.15) is 17.0 Å². The van der Waals surface area contributed by atoms with Crippen LogP contribution in [0.15, 0.2) is 18.2 Å². The zero-order valence-electron chi connectivity index (χ0n) is 11.8. The van der Waals surface area contributed by atoms with Gasteiger partial charge < -0.3 is 14.8 Å². The van der Waals surface area contributed by atoms with Crippen LogP contribution in [-0.4, -0.2) is 27.2 Å². The van der Waals surface area contributed by atoms with Gasteiger partial charge in [-0.2, -0.15) is 0 Å². The third-order valence-corrected chi connectivity index (χ3v) is 3.14. The molecule has 0 aliphatic heterocycles. The lowest BCUT2D eigenvalue weighted by atomic mass is 9.91. The minimum atomic E-state index is -2.56. The van der Waals surface area contributed by atoms with E-state index in [4.69, 9.17) is 9.47 Å². The van der Waals surface area contributed by atoms with Crippen LogP contribution in [0.5, 0.6) is 11.5 Å². The number of alkyl halides is 2. The second kappa shape index (κ2) is 6.70. The first-order valence-corrected chi connectivity index (χ1v) is 6.25. The summed E-state index contributed by atoms with van der Waals surface area (Å²) in [7, 11) is 2.97. The van der Waals surface area contributed by atoms with Crippen molar-refractivity contribution in [2.24, 2.45) is 0 Å². The summed E-state index contributed by atoms with van der Waals surface area (Å²) in [6.45, 7) is 3.91. The second-order valence-electron chi connectivity index (χ2n) is 4.50. The van der Waals surface area contributed by atoms with Gasteiger partial charge >= 0.3 is 0 Å². The van der Waals surface area contributed by atoms with Gasteiger partial charge in [-0.1, -0.05) is 6.92 Å². The van der Waals surface area contributed by atoms with E-state index in [2.05, 4.69) is 5.32 Å². The lowest BCUT2D eigenvalue weighted by molar-refractivity contribution is 0.0369. The average molecular weight is 273 g/mol. The van der Waals surface area contributed by atoms with Crippen LogP contribution in [-0.2, 0) is 5.54 Å². The Morgan fingerprint density at radius 1 is 1.26 bits per heavy atom. The van der Waals surface area contributed by atoms with E-state index < -0.39 is 12.0 Å². The number of hydrogen-bond acceptors (Lipinski definition) is 3. The number of methoxy groups -OCH3 is 2. The minimum absolute atomic E-state index is 0.401. The number of hydrogen-bond donors (Lipinski definition) is 1. The van der Waals surface area contributed by atoms with E-state index in [9.17, 15) is 8.78 Å². The van der Waals surface area contributed by atoms with Crippen LogP contribution >= 0.6 is 0 Å². The van der Waals surface area contributed by atoms with Gasteiger partial charge in [0.25, 0.3) is 6.43 Å². The number of ether oxygens (including phenoxy) is 2. The molecule has 5 heteroatoms. The highest BCUT2D eigenvalue weighted by Gasteiger charge is 2.38. The predicted octanol–water partition coefficient (Wildman–Crippen LogP) is 3.18. The molecule has 0 bridgehead atoms. The first-order chi connectivity index (χ1) is 8.99. The van der Waals surface area contributed by atoms with Crippen molar-refractivity contribution in [1.29, 1.82) is 0 Å². The smallest absolute Gasteiger partial charge is 0.260 e. The van der Waals surface area contributed by atoms with Gasteiger partial charge in [-0.25, -0.2) is 8.78 Å². The van der Waals surface area contributed by atoms with Gasteiger partial charge in [-0.05, 0) is 38.1 Å². The molecule has 0 aliphatic rings. The Hall–Kier alpha value is -1.36. The lowest BCUT2D eigenvalue weighted by Gasteiger charge is -2.32. The number of nitrogens with one attached hydrogen (secondary N) is 1. The molecule has 19 heavy (non-hydrogen) atoms. The Kier molecular flexibility index (Phi) is 5.54. The molecule has 108 valence electrons. The van der Waals surface area contributed by atoms with Crippen molar-refractivity contribution in [3.05, 3.63) is 23.8 Å². The normalized spacial score (nSPS) is 14.3. The summed E-state index contributed by atoms with van der Waals surface area (Å²) >= 11 is 0. The highest BCUT2D eigenvalue weighted by molar-refractivity contribution is 5.44. The predicted molar refractivity (Wildman–Crippen MR) is 71.2 cm³/mol. The fraction of sp³-hybridized carbons (Fsp3) is 0.571. The van der Waals surface area contributed by atoms with Crippen LogP contribution < -0.4 is 14.8 Å². The molecule has 0 spiro atoms. The monoisotopic (exact) mass is 273 g/mol. The Morgan fingerprint density at radius 2 is 1.95 bits per heavy atom. The van der Waals surface area contributed by atoms with E-state index in [0.717, 1.165) is 6.42 Å². The Bertz CT molecular complexity index is 412. The molecule has 1 aromatic carbocycles. The molecule has 0 heterocycles. The molecule has 0 amide bonds. The molecule has 0 saturated carbocycles. The molecule has 0 saturated heterocycles. The Balaban J connectivity index is 3.27. The van der Waals surface area contributed by atoms with Crippen molar-refractivity contribution in [2.45, 2.75) is 32.2 Å². The molecule has 0 radical (unpaired) electrons. The largest absolute Gasteiger partial charge is 0.497 e. The summed E-state index contributed by atoms with van der Waals surface area (Å²) in [4.78, 5) is 0. The lowest BCUT2D eigenvalue weighted by Crippen LogP contribution is -2.46. The maximum atomic E-state index is 13.5. The highest BCUT2D eigenvalue weighted by Crippen LogP contribution is 2.37. The van der Waals surface area contributed by atoms with Crippen molar-refractivity contribution in [2.75, 3.05) is 20.8 Å². The first-order valence-electron chi connectivity index (χ1n) is 6.25. The van der Waals surface area contributed by atoms with E-state index >= 15 is 0 Å². The summed E-state index contributed by atoms with van der Waals surface area (Å²) in [5.74, 6) is 0.952. The van der Waals surface area contributed by atoms with E-state index in [1.165, 1.54) is 21.1 Å². The van der Waals surface area contributed by atoms with Crippen LogP contribution in [0.4, 0.5) is 8.78 Å². The molecular weight excluding hydrogens is 252 g/mol. The molecule has 1 atom stereocenters. The molecule has 0 fully saturated rings. The first kappa shape index (κ1) is 15.7. The topological polar surface area (TPSA) is 30.5 Å². The van der Waals surface area contributed by atoms with Gasteiger partial charge in [0.2, 0.25) is 0 Å². The number of rotatable bonds is 7. The fourth-order valence-corrected chi connectivity index (χ4v) is 1.89. The summed E-state index contributed by atoms with van der Waals surface area (Å²) in [6.07, 6.45) is -1.78. The zero-order valence-corrected chi connectivity index (χ0v) is 11.8. The molecular formula is C14H21F2NO2. The molecule has 1 N–H and O–H groups in total. The third-order valence-electron chi connectivity index (χ3n) is 3.14. The van der Waals surface area contributed by atoms with Crippen molar-refractivity contribution in [3.8, 4) is 11.5 Å². The number of halogens is 2. The van der Waals surface area contributed by atoms with Gasteiger partial charge in [-0.15, -0.1) is 0 Å². The highest BCUT2D eigenvalue weighted by atomic mass is 19.3. The standard InChI is InChI=1S/C14H21F2NO2/c1-5-8-17-14(2,13(15)16)11-9-10(18-3)6-7-12(11)19-4/h6-7,9,13,17H,5,8H2,1-4H3. The van der Waals surface area contributed by atoms with Gasteiger partial charge in [0.05, 0.1) is 14.2 Å². The second-order valence-corrected chi connectivity index (χ2v) is 4.50. The summed E-state index contributed by atoms with van der Waals surface area (Å²) in [6, 6.07) is 4.92. The third kappa shape index (κ3) is 3.35. The number of benzene rings is 1. The van der Waals surface area contributed by atoms with E-state index in [0.29, 0.717) is 23.6 Å². The quantitative estimate of drug-likeness (QED) is 0.827. The van der Waals surface area contributed by atoms with Crippen molar-refractivity contribution >= 4 is 0 Å².